The number of rotatable bonds is 7. The Morgan fingerprint density at radius 1 is 1.04 bits per heavy atom. The van der Waals surface area contributed by atoms with Crippen LogP contribution in [-0.4, -0.2) is 20.9 Å². The maximum absolute atomic E-state index is 12.7. The number of aryl methyl sites for hydroxylation is 1. The molecule has 2 aromatic rings. The van der Waals surface area contributed by atoms with Crippen molar-refractivity contribution in [1.82, 2.24) is 5.32 Å². The van der Waals surface area contributed by atoms with Gasteiger partial charge in [-0.05, 0) is 63.3 Å². The van der Waals surface area contributed by atoms with Crippen molar-refractivity contribution in [2.75, 3.05) is 11.3 Å². The van der Waals surface area contributed by atoms with Crippen molar-refractivity contribution in [2.24, 2.45) is 0 Å². The van der Waals surface area contributed by atoms with Crippen LogP contribution in [0.4, 0.5) is 5.69 Å². The molecular weight excluding hydrogens is 372 g/mol. The summed E-state index contributed by atoms with van der Waals surface area (Å²) in [6, 6.07) is 13.3. The largest absolute Gasteiger partial charge is 0.352 e. The molecule has 0 unspecified atom stereocenters. The van der Waals surface area contributed by atoms with Gasteiger partial charge in [0.25, 0.3) is 15.9 Å². The van der Waals surface area contributed by atoms with Gasteiger partial charge in [-0.15, -0.1) is 0 Å². The predicted octanol–water partition coefficient (Wildman–Crippen LogP) is 4.42. The standard InChI is InChI=1S/C22H26N2O3S/c1-17-11-13-19(14-12-17)28(26,27)24-21-10-6-5-9-20(21)22(25)23-16-15-18-7-3-2-4-8-18/h5-7,9-14,24H,2-4,8,15-16H2,1H3,(H,23,25). The number of para-hydroxylation sites is 1. The normalized spacial score (nSPS) is 14.2. The first-order valence-electron chi connectivity index (χ1n) is 9.60. The van der Waals surface area contributed by atoms with Crippen LogP contribution >= 0.6 is 0 Å². The molecule has 0 heterocycles. The minimum Gasteiger partial charge on any atom is -0.352 e. The number of hydrogen-bond acceptors (Lipinski definition) is 3. The van der Waals surface area contributed by atoms with Crippen molar-refractivity contribution in [3.05, 3.63) is 71.3 Å². The summed E-state index contributed by atoms with van der Waals surface area (Å²) in [7, 11) is -3.76. The summed E-state index contributed by atoms with van der Waals surface area (Å²) in [4.78, 5) is 12.8. The quantitative estimate of drug-likeness (QED) is 0.678. The Labute approximate surface area is 166 Å². The molecule has 1 aliphatic carbocycles. The number of nitrogens with one attached hydrogen (secondary N) is 2. The third kappa shape index (κ3) is 5.23. The lowest BCUT2D eigenvalue weighted by molar-refractivity contribution is 0.0955. The van der Waals surface area contributed by atoms with E-state index in [4.69, 9.17) is 0 Å². The number of benzene rings is 2. The summed E-state index contributed by atoms with van der Waals surface area (Å²) < 4.78 is 27.9. The Bertz CT molecular complexity index is 964. The average molecular weight is 399 g/mol. The van der Waals surface area contributed by atoms with Gasteiger partial charge in [-0.2, -0.15) is 0 Å². The minimum atomic E-state index is -3.76. The maximum atomic E-state index is 12.7. The molecule has 6 heteroatoms. The highest BCUT2D eigenvalue weighted by Gasteiger charge is 2.18. The molecule has 0 atom stereocenters. The Morgan fingerprint density at radius 2 is 1.79 bits per heavy atom. The minimum absolute atomic E-state index is 0.164. The van der Waals surface area contributed by atoms with Gasteiger partial charge in [-0.3, -0.25) is 9.52 Å². The Kier molecular flexibility index (Phi) is 6.52. The molecule has 0 fully saturated rings. The molecule has 0 saturated carbocycles. The molecule has 28 heavy (non-hydrogen) atoms. The molecule has 2 aromatic carbocycles. The van der Waals surface area contributed by atoms with Crippen molar-refractivity contribution in [3.8, 4) is 0 Å². The van der Waals surface area contributed by atoms with Gasteiger partial charge in [0.2, 0.25) is 0 Å². The fourth-order valence-corrected chi connectivity index (χ4v) is 4.33. The first-order valence-corrected chi connectivity index (χ1v) is 11.1. The molecule has 148 valence electrons. The van der Waals surface area contributed by atoms with Crippen LogP contribution in [0.5, 0.6) is 0 Å². The van der Waals surface area contributed by atoms with E-state index in [0.29, 0.717) is 12.1 Å². The van der Waals surface area contributed by atoms with Crippen molar-refractivity contribution in [1.29, 1.82) is 0 Å². The van der Waals surface area contributed by atoms with E-state index in [2.05, 4.69) is 16.1 Å². The highest BCUT2D eigenvalue weighted by Crippen LogP contribution is 2.22. The molecule has 2 N–H and O–H groups in total. The van der Waals surface area contributed by atoms with Gasteiger partial charge in [-0.1, -0.05) is 41.5 Å². The van der Waals surface area contributed by atoms with E-state index in [1.54, 1.807) is 48.5 Å². The number of anilines is 1. The SMILES string of the molecule is Cc1ccc(S(=O)(=O)Nc2ccccc2C(=O)NCCC2=CCCCC2)cc1. The zero-order chi connectivity index (χ0) is 20.0. The summed E-state index contributed by atoms with van der Waals surface area (Å²) in [5.74, 6) is -0.279. The zero-order valence-electron chi connectivity index (χ0n) is 16.1. The van der Waals surface area contributed by atoms with Gasteiger partial charge in [0.15, 0.2) is 0 Å². The van der Waals surface area contributed by atoms with Crippen LogP contribution in [0.1, 0.15) is 48.0 Å². The lowest BCUT2D eigenvalue weighted by atomic mass is 9.97. The monoisotopic (exact) mass is 398 g/mol. The molecule has 0 spiro atoms. The van der Waals surface area contributed by atoms with E-state index < -0.39 is 10.0 Å². The second-order valence-electron chi connectivity index (χ2n) is 7.08. The molecule has 0 saturated heterocycles. The maximum Gasteiger partial charge on any atom is 0.261 e. The van der Waals surface area contributed by atoms with E-state index >= 15 is 0 Å². The molecular formula is C22H26N2O3S. The molecule has 1 aliphatic rings. The van der Waals surface area contributed by atoms with E-state index in [9.17, 15) is 13.2 Å². The molecule has 0 aliphatic heterocycles. The van der Waals surface area contributed by atoms with Crippen molar-refractivity contribution in [2.45, 2.75) is 43.9 Å². The van der Waals surface area contributed by atoms with Gasteiger partial charge in [0.05, 0.1) is 16.1 Å². The van der Waals surface area contributed by atoms with E-state index in [1.165, 1.54) is 18.4 Å². The van der Waals surface area contributed by atoms with Crippen LogP contribution in [0.15, 0.2) is 65.1 Å². The number of carbonyl (C=O) groups excluding carboxylic acids is 1. The lowest BCUT2D eigenvalue weighted by Crippen LogP contribution is -2.26. The van der Waals surface area contributed by atoms with Crippen LogP contribution < -0.4 is 10.0 Å². The third-order valence-electron chi connectivity index (χ3n) is 4.86. The van der Waals surface area contributed by atoms with Crippen molar-refractivity contribution < 1.29 is 13.2 Å². The zero-order valence-corrected chi connectivity index (χ0v) is 16.9. The number of carbonyl (C=O) groups is 1. The molecule has 5 nitrogen and oxygen atoms in total. The first kappa shape index (κ1) is 20.1. The van der Waals surface area contributed by atoms with E-state index in [0.717, 1.165) is 24.8 Å². The Hall–Kier alpha value is -2.60. The van der Waals surface area contributed by atoms with Gasteiger partial charge in [0, 0.05) is 6.54 Å². The van der Waals surface area contributed by atoms with Crippen LogP contribution in [-0.2, 0) is 10.0 Å². The van der Waals surface area contributed by atoms with E-state index in [1.807, 2.05) is 6.92 Å². The summed E-state index contributed by atoms with van der Waals surface area (Å²) in [5.41, 5.74) is 2.96. The number of hydrogen-bond donors (Lipinski definition) is 2. The first-order chi connectivity index (χ1) is 13.5. The Balaban J connectivity index is 1.69. The second kappa shape index (κ2) is 9.06. The van der Waals surface area contributed by atoms with Crippen LogP contribution in [0.25, 0.3) is 0 Å². The van der Waals surface area contributed by atoms with Gasteiger partial charge in [0.1, 0.15) is 0 Å². The number of allylic oxidation sites excluding steroid dienone is 1. The molecule has 0 aromatic heterocycles. The summed E-state index contributed by atoms with van der Waals surface area (Å²) in [5, 5.41) is 2.91. The van der Waals surface area contributed by atoms with Crippen molar-refractivity contribution in [3.63, 3.8) is 0 Å². The second-order valence-corrected chi connectivity index (χ2v) is 8.76. The fraction of sp³-hybridized carbons (Fsp3) is 0.318. The summed E-state index contributed by atoms with van der Waals surface area (Å²) in [6.07, 6.45) is 7.77. The average Bonchev–Trinajstić information content (AvgIpc) is 2.69. The van der Waals surface area contributed by atoms with Crippen LogP contribution in [0, 0.1) is 6.92 Å². The lowest BCUT2D eigenvalue weighted by Gasteiger charge is -2.15. The highest BCUT2D eigenvalue weighted by atomic mass is 32.2. The van der Waals surface area contributed by atoms with Crippen LogP contribution in [0.3, 0.4) is 0 Å². The van der Waals surface area contributed by atoms with Crippen LogP contribution in [0.2, 0.25) is 0 Å². The summed E-state index contributed by atoms with van der Waals surface area (Å²) >= 11 is 0. The highest BCUT2D eigenvalue weighted by molar-refractivity contribution is 7.92. The topological polar surface area (TPSA) is 75.3 Å². The summed E-state index contributed by atoms with van der Waals surface area (Å²) in [6.45, 7) is 2.44. The van der Waals surface area contributed by atoms with E-state index in [-0.39, 0.29) is 16.5 Å². The molecule has 0 bridgehead atoms. The molecule has 3 rings (SSSR count). The number of amides is 1. The smallest absolute Gasteiger partial charge is 0.261 e. The molecule has 0 radical (unpaired) electrons. The van der Waals surface area contributed by atoms with Gasteiger partial charge in [-0.25, -0.2) is 8.42 Å². The number of sulfonamides is 1. The fourth-order valence-electron chi connectivity index (χ4n) is 3.25. The Morgan fingerprint density at radius 3 is 2.50 bits per heavy atom. The predicted molar refractivity (Wildman–Crippen MR) is 112 cm³/mol. The van der Waals surface area contributed by atoms with Gasteiger partial charge >= 0.3 is 0 Å². The molecule has 1 amide bonds. The van der Waals surface area contributed by atoms with Gasteiger partial charge < -0.3 is 5.32 Å². The van der Waals surface area contributed by atoms with Crippen molar-refractivity contribution >= 4 is 21.6 Å². The third-order valence-corrected chi connectivity index (χ3v) is 6.25.